The maximum absolute atomic E-state index is 12.4. The van der Waals surface area contributed by atoms with Gasteiger partial charge >= 0.3 is 5.97 Å². The van der Waals surface area contributed by atoms with Gasteiger partial charge in [0.1, 0.15) is 0 Å². The standard InChI is InChI=1S/C12H14ClNO4S/c13-10-4-6-14(7-5-10)19(17,18)11-3-1-2-9(8-11)12(15)16/h1-3,8,10H,4-7H2,(H,15,16). The summed E-state index contributed by atoms with van der Waals surface area (Å²) in [5.74, 6) is -1.14. The molecule has 0 aliphatic carbocycles. The van der Waals surface area contributed by atoms with Crippen LogP contribution >= 0.6 is 11.6 Å². The van der Waals surface area contributed by atoms with Gasteiger partial charge in [-0.1, -0.05) is 6.07 Å². The number of nitrogens with zero attached hydrogens (tertiary/aromatic N) is 1. The van der Waals surface area contributed by atoms with Crippen molar-refractivity contribution in [2.75, 3.05) is 13.1 Å². The number of carboxylic acids is 1. The first-order valence-corrected chi connectivity index (χ1v) is 7.76. The number of piperidine rings is 1. The zero-order valence-electron chi connectivity index (χ0n) is 10.1. The molecule has 1 aromatic rings. The molecule has 1 aromatic carbocycles. The highest BCUT2D eigenvalue weighted by Gasteiger charge is 2.29. The summed E-state index contributed by atoms with van der Waals surface area (Å²) in [6.07, 6.45) is 1.22. The summed E-state index contributed by atoms with van der Waals surface area (Å²) in [6.45, 7) is 0.738. The second kappa shape index (κ2) is 5.48. The maximum Gasteiger partial charge on any atom is 0.335 e. The Morgan fingerprint density at radius 2 is 1.95 bits per heavy atom. The Labute approximate surface area is 116 Å². The molecule has 0 unspecified atom stereocenters. The molecule has 2 rings (SSSR count). The molecule has 0 radical (unpaired) electrons. The lowest BCUT2D eigenvalue weighted by Crippen LogP contribution is -2.38. The van der Waals surface area contributed by atoms with Gasteiger partial charge in [0.2, 0.25) is 10.0 Å². The van der Waals surface area contributed by atoms with Crippen molar-refractivity contribution >= 4 is 27.6 Å². The van der Waals surface area contributed by atoms with Crippen molar-refractivity contribution in [2.45, 2.75) is 23.1 Å². The first kappa shape index (κ1) is 14.3. The topological polar surface area (TPSA) is 74.7 Å². The predicted octanol–water partition coefficient (Wildman–Crippen LogP) is 1.78. The van der Waals surface area contributed by atoms with E-state index < -0.39 is 16.0 Å². The van der Waals surface area contributed by atoms with Gasteiger partial charge < -0.3 is 5.11 Å². The van der Waals surface area contributed by atoms with Crippen LogP contribution < -0.4 is 0 Å². The first-order chi connectivity index (χ1) is 8.91. The van der Waals surface area contributed by atoms with Crippen molar-refractivity contribution < 1.29 is 18.3 Å². The third kappa shape index (κ3) is 3.08. The van der Waals surface area contributed by atoms with Gasteiger partial charge in [-0.15, -0.1) is 11.6 Å². The van der Waals surface area contributed by atoms with E-state index in [-0.39, 0.29) is 15.8 Å². The highest BCUT2D eigenvalue weighted by molar-refractivity contribution is 7.89. The largest absolute Gasteiger partial charge is 0.478 e. The predicted molar refractivity (Wildman–Crippen MR) is 71.0 cm³/mol. The smallest absolute Gasteiger partial charge is 0.335 e. The zero-order valence-corrected chi connectivity index (χ0v) is 11.7. The summed E-state index contributed by atoms with van der Waals surface area (Å²) in [5, 5.41) is 8.91. The van der Waals surface area contributed by atoms with Crippen LogP contribution in [0.3, 0.4) is 0 Å². The summed E-state index contributed by atoms with van der Waals surface area (Å²) in [5.41, 5.74) is -0.0340. The van der Waals surface area contributed by atoms with E-state index in [0.717, 1.165) is 0 Å². The van der Waals surface area contributed by atoms with E-state index in [2.05, 4.69) is 0 Å². The maximum atomic E-state index is 12.4. The minimum atomic E-state index is -3.63. The molecule has 5 nitrogen and oxygen atoms in total. The van der Waals surface area contributed by atoms with Gasteiger partial charge in [-0.05, 0) is 31.0 Å². The second-order valence-electron chi connectivity index (χ2n) is 4.41. The molecular formula is C12H14ClNO4S. The summed E-state index contributed by atoms with van der Waals surface area (Å²) >= 11 is 5.95. The van der Waals surface area contributed by atoms with Gasteiger partial charge in [0.05, 0.1) is 10.5 Å². The monoisotopic (exact) mass is 303 g/mol. The third-order valence-corrected chi connectivity index (χ3v) is 5.43. The zero-order chi connectivity index (χ0) is 14.0. The van der Waals surface area contributed by atoms with Crippen molar-refractivity contribution in [3.8, 4) is 0 Å². The lowest BCUT2D eigenvalue weighted by Gasteiger charge is -2.28. The van der Waals surface area contributed by atoms with Gasteiger partial charge in [-0.3, -0.25) is 0 Å². The summed E-state index contributed by atoms with van der Waals surface area (Å²) in [6, 6.07) is 5.40. The average molecular weight is 304 g/mol. The van der Waals surface area contributed by atoms with E-state index in [1.54, 1.807) is 0 Å². The Morgan fingerprint density at radius 3 is 2.53 bits per heavy atom. The van der Waals surface area contributed by atoms with E-state index in [4.69, 9.17) is 16.7 Å². The number of benzene rings is 1. The molecule has 0 aromatic heterocycles. The number of halogens is 1. The van der Waals surface area contributed by atoms with E-state index >= 15 is 0 Å². The number of aromatic carboxylic acids is 1. The van der Waals surface area contributed by atoms with Crippen LogP contribution in [0, 0.1) is 0 Å². The summed E-state index contributed by atoms with van der Waals surface area (Å²) in [7, 11) is -3.63. The first-order valence-electron chi connectivity index (χ1n) is 5.89. The van der Waals surface area contributed by atoms with Gasteiger partial charge in [-0.2, -0.15) is 4.31 Å². The second-order valence-corrected chi connectivity index (χ2v) is 6.97. The molecule has 104 valence electrons. The number of carboxylic acid groups (broad SMARTS) is 1. The van der Waals surface area contributed by atoms with Gasteiger partial charge in [0.25, 0.3) is 0 Å². The van der Waals surface area contributed by atoms with E-state index in [1.807, 2.05) is 0 Å². The van der Waals surface area contributed by atoms with Gasteiger partial charge in [-0.25, -0.2) is 13.2 Å². The van der Waals surface area contributed by atoms with Crippen LogP contribution in [0.2, 0.25) is 0 Å². The van der Waals surface area contributed by atoms with Crippen LogP contribution in [0.1, 0.15) is 23.2 Å². The van der Waals surface area contributed by atoms with Crippen molar-refractivity contribution in [2.24, 2.45) is 0 Å². The Balaban J connectivity index is 2.29. The van der Waals surface area contributed by atoms with Crippen molar-refractivity contribution in [1.82, 2.24) is 4.31 Å². The lowest BCUT2D eigenvalue weighted by atomic mass is 10.2. The van der Waals surface area contributed by atoms with Crippen LogP contribution in [0.5, 0.6) is 0 Å². The van der Waals surface area contributed by atoms with Gasteiger partial charge in [0, 0.05) is 18.5 Å². The molecule has 0 amide bonds. The van der Waals surface area contributed by atoms with E-state index in [0.29, 0.717) is 25.9 Å². The molecule has 0 spiro atoms. The minimum Gasteiger partial charge on any atom is -0.478 e. The molecule has 7 heteroatoms. The van der Waals surface area contributed by atoms with Crippen LogP contribution in [0.4, 0.5) is 0 Å². The molecule has 1 saturated heterocycles. The fourth-order valence-corrected chi connectivity index (χ4v) is 3.71. The molecular weight excluding hydrogens is 290 g/mol. The number of hydrogen-bond donors (Lipinski definition) is 1. The van der Waals surface area contributed by atoms with E-state index in [9.17, 15) is 13.2 Å². The van der Waals surface area contributed by atoms with Crippen LogP contribution in [0.25, 0.3) is 0 Å². The van der Waals surface area contributed by atoms with Gasteiger partial charge in [0.15, 0.2) is 0 Å². The number of hydrogen-bond acceptors (Lipinski definition) is 3. The van der Waals surface area contributed by atoms with Crippen molar-refractivity contribution in [3.63, 3.8) is 0 Å². The van der Waals surface area contributed by atoms with Crippen molar-refractivity contribution in [1.29, 1.82) is 0 Å². The van der Waals surface area contributed by atoms with Crippen LogP contribution in [-0.4, -0.2) is 42.3 Å². The van der Waals surface area contributed by atoms with Crippen LogP contribution in [-0.2, 0) is 10.0 Å². The molecule has 1 fully saturated rings. The van der Waals surface area contributed by atoms with E-state index in [1.165, 1.54) is 28.6 Å². The minimum absolute atomic E-state index is 0.0109. The molecule has 1 aliphatic heterocycles. The lowest BCUT2D eigenvalue weighted by molar-refractivity contribution is 0.0696. The SMILES string of the molecule is O=C(O)c1cccc(S(=O)(=O)N2CCC(Cl)CC2)c1. The number of alkyl halides is 1. The Morgan fingerprint density at radius 1 is 1.32 bits per heavy atom. The fraction of sp³-hybridized carbons (Fsp3) is 0.417. The highest BCUT2D eigenvalue weighted by Crippen LogP contribution is 2.23. The molecule has 1 heterocycles. The number of sulfonamides is 1. The Kier molecular flexibility index (Phi) is 4.13. The summed E-state index contributed by atoms with van der Waals surface area (Å²) < 4.78 is 26.1. The summed E-state index contributed by atoms with van der Waals surface area (Å²) in [4.78, 5) is 10.9. The molecule has 0 atom stereocenters. The molecule has 1 N–H and O–H groups in total. The molecule has 19 heavy (non-hydrogen) atoms. The third-order valence-electron chi connectivity index (χ3n) is 3.10. The molecule has 0 saturated carbocycles. The molecule has 1 aliphatic rings. The average Bonchev–Trinajstić information content (AvgIpc) is 2.39. The number of carbonyl (C=O) groups is 1. The van der Waals surface area contributed by atoms with Crippen molar-refractivity contribution in [3.05, 3.63) is 29.8 Å². The normalized spacial score (nSPS) is 18.4. The number of rotatable bonds is 3. The fourth-order valence-electron chi connectivity index (χ4n) is 2.00. The Hall–Kier alpha value is -1.11. The highest BCUT2D eigenvalue weighted by atomic mass is 35.5. The Bertz CT molecular complexity index is 579. The quantitative estimate of drug-likeness (QED) is 0.864. The molecule has 0 bridgehead atoms. The van der Waals surface area contributed by atoms with Crippen LogP contribution in [0.15, 0.2) is 29.2 Å².